The Morgan fingerprint density at radius 1 is 1.38 bits per heavy atom. The van der Waals surface area contributed by atoms with E-state index in [4.69, 9.17) is 4.74 Å². The third kappa shape index (κ3) is 4.32. The molecule has 152 valence electrons. The lowest BCUT2D eigenvalue weighted by Gasteiger charge is -2.10. The number of hydrogen-bond acceptors (Lipinski definition) is 5. The average molecular weight is 396 g/mol. The number of hydrogen-bond donors (Lipinski definition) is 3. The quantitative estimate of drug-likeness (QED) is 0.593. The molecule has 0 radical (unpaired) electrons. The molecule has 0 aliphatic carbocycles. The molecule has 3 aromatic rings. The van der Waals surface area contributed by atoms with Crippen LogP contribution >= 0.6 is 0 Å². The summed E-state index contributed by atoms with van der Waals surface area (Å²) < 4.78 is 7.22. The lowest BCUT2D eigenvalue weighted by Crippen LogP contribution is -2.22. The van der Waals surface area contributed by atoms with Crippen molar-refractivity contribution < 1.29 is 14.6 Å². The Labute approximate surface area is 167 Å². The standard InChI is InChI=1S/C21H24N4O4/c1-13-10-15(26)12-20(28)25(13)8-2-5-19(27)22-14-6-7-16-17(11-14)24-21(23-16)18-4-3-9-29-18/h6-7,10-12,18,26H,2-5,8-9H2,1H3,(H,22,27)(H,23,24)/t18-/m1/s1. The molecule has 1 aliphatic rings. The summed E-state index contributed by atoms with van der Waals surface area (Å²) in [6.45, 7) is 2.94. The molecule has 1 fully saturated rings. The van der Waals surface area contributed by atoms with Crippen molar-refractivity contribution in [2.75, 3.05) is 11.9 Å². The van der Waals surface area contributed by atoms with Gasteiger partial charge in [0.25, 0.3) is 5.56 Å². The topological polar surface area (TPSA) is 109 Å². The van der Waals surface area contributed by atoms with E-state index >= 15 is 0 Å². The first-order valence-corrected chi connectivity index (χ1v) is 9.81. The highest BCUT2D eigenvalue weighted by atomic mass is 16.5. The number of H-pyrrole nitrogens is 1. The van der Waals surface area contributed by atoms with Gasteiger partial charge in [0.1, 0.15) is 17.7 Å². The van der Waals surface area contributed by atoms with E-state index in [9.17, 15) is 14.7 Å². The maximum Gasteiger partial charge on any atom is 0.254 e. The number of imidazole rings is 1. The van der Waals surface area contributed by atoms with Crippen LogP contribution in [0.2, 0.25) is 0 Å². The molecular weight excluding hydrogens is 372 g/mol. The van der Waals surface area contributed by atoms with Crippen LogP contribution in [0.4, 0.5) is 5.69 Å². The summed E-state index contributed by atoms with van der Waals surface area (Å²) in [5.74, 6) is 0.668. The fraction of sp³-hybridized carbons (Fsp3) is 0.381. The highest BCUT2D eigenvalue weighted by Gasteiger charge is 2.21. The minimum Gasteiger partial charge on any atom is -0.508 e. The molecule has 0 saturated carbocycles. The molecule has 0 unspecified atom stereocenters. The maximum atomic E-state index is 12.3. The lowest BCUT2D eigenvalue weighted by atomic mass is 10.2. The van der Waals surface area contributed by atoms with Crippen molar-refractivity contribution in [1.82, 2.24) is 14.5 Å². The Morgan fingerprint density at radius 2 is 2.24 bits per heavy atom. The first kappa shape index (κ1) is 19.2. The van der Waals surface area contributed by atoms with Gasteiger partial charge in [0.05, 0.1) is 11.0 Å². The first-order valence-electron chi connectivity index (χ1n) is 9.81. The summed E-state index contributed by atoms with van der Waals surface area (Å²) in [6, 6.07) is 8.28. The molecule has 1 amide bonds. The van der Waals surface area contributed by atoms with Crippen LogP contribution in [0.1, 0.15) is 43.3 Å². The predicted octanol–water partition coefficient (Wildman–Crippen LogP) is 3.01. The van der Waals surface area contributed by atoms with Crippen LogP contribution < -0.4 is 10.9 Å². The molecule has 8 nitrogen and oxygen atoms in total. The van der Waals surface area contributed by atoms with Gasteiger partial charge in [0.2, 0.25) is 5.91 Å². The van der Waals surface area contributed by atoms with Crippen molar-refractivity contribution in [3.8, 4) is 5.75 Å². The molecule has 1 aliphatic heterocycles. The van der Waals surface area contributed by atoms with Crippen molar-refractivity contribution in [2.24, 2.45) is 0 Å². The zero-order valence-electron chi connectivity index (χ0n) is 16.3. The summed E-state index contributed by atoms with van der Waals surface area (Å²) >= 11 is 0. The fourth-order valence-electron chi connectivity index (χ4n) is 3.67. The molecular formula is C21H24N4O4. The number of fused-ring (bicyclic) bond motifs is 1. The molecule has 29 heavy (non-hydrogen) atoms. The van der Waals surface area contributed by atoms with Gasteiger partial charge in [-0.2, -0.15) is 0 Å². The van der Waals surface area contributed by atoms with Crippen molar-refractivity contribution >= 4 is 22.6 Å². The highest BCUT2D eigenvalue weighted by Crippen LogP contribution is 2.28. The number of nitrogens with one attached hydrogen (secondary N) is 2. The van der Waals surface area contributed by atoms with Gasteiger partial charge in [-0.3, -0.25) is 9.59 Å². The first-order chi connectivity index (χ1) is 14.0. The van der Waals surface area contributed by atoms with Crippen LogP contribution in [0.15, 0.2) is 35.1 Å². The van der Waals surface area contributed by atoms with Crippen molar-refractivity contribution in [3.05, 3.63) is 52.2 Å². The molecule has 1 atom stereocenters. The Morgan fingerprint density at radius 3 is 3.00 bits per heavy atom. The maximum absolute atomic E-state index is 12.3. The highest BCUT2D eigenvalue weighted by molar-refractivity contribution is 5.93. The number of rotatable bonds is 6. The molecule has 3 N–H and O–H groups in total. The van der Waals surface area contributed by atoms with Gasteiger partial charge in [-0.1, -0.05) is 0 Å². The van der Waals surface area contributed by atoms with Crippen molar-refractivity contribution in [2.45, 2.75) is 45.3 Å². The van der Waals surface area contributed by atoms with Gasteiger partial charge < -0.3 is 24.7 Å². The van der Waals surface area contributed by atoms with E-state index in [0.717, 1.165) is 36.3 Å². The molecule has 1 saturated heterocycles. The molecule has 1 aromatic carbocycles. The number of benzene rings is 1. The largest absolute Gasteiger partial charge is 0.508 e. The number of aromatic hydroxyl groups is 1. The van der Waals surface area contributed by atoms with Gasteiger partial charge in [-0.05, 0) is 50.5 Å². The molecule has 4 rings (SSSR count). The smallest absolute Gasteiger partial charge is 0.254 e. The van der Waals surface area contributed by atoms with Crippen LogP contribution in [0.5, 0.6) is 5.75 Å². The molecule has 8 heteroatoms. The van der Waals surface area contributed by atoms with Crippen LogP contribution in [0, 0.1) is 6.92 Å². The van der Waals surface area contributed by atoms with Crippen LogP contribution in [0.3, 0.4) is 0 Å². The summed E-state index contributed by atoms with van der Waals surface area (Å²) in [5, 5.41) is 12.3. The van der Waals surface area contributed by atoms with Crippen LogP contribution in [0.25, 0.3) is 11.0 Å². The number of carbonyl (C=O) groups is 1. The average Bonchev–Trinajstić information content (AvgIpc) is 3.32. The Bertz CT molecular complexity index is 1100. The Balaban J connectivity index is 1.35. The normalized spacial score (nSPS) is 16.4. The van der Waals surface area contributed by atoms with Crippen molar-refractivity contribution in [1.29, 1.82) is 0 Å². The third-order valence-electron chi connectivity index (χ3n) is 5.12. The van der Waals surface area contributed by atoms with Gasteiger partial charge in [-0.25, -0.2) is 4.98 Å². The zero-order valence-corrected chi connectivity index (χ0v) is 16.3. The van der Waals surface area contributed by atoms with Crippen molar-refractivity contribution in [3.63, 3.8) is 0 Å². The summed E-state index contributed by atoms with van der Waals surface area (Å²) in [4.78, 5) is 32.1. The van der Waals surface area contributed by atoms with E-state index in [1.165, 1.54) is 12.1 Å². The monoisotopic (exact) mass is 396 g/mol. The van der Waals surface area contributed by atoms with Crippen LogP contribution in [-0.2, 0) is 16.1 Å². The van der Waals surface area contributed by atoms with Gasteiger partial charge >= 0.3 is 0 Å². The summed E-state index contributed by atoms with van der Waals surface area (Å²) in [6.07, 6.45) is 2.83. The van der Waals surface area contributed by atoms with E-state index in [0.29, 0.717) is 24.3 Å². The number of aromatic nitrogens is 3. The van der Waals surface area contributed by atoms with E-state index in [-0.39, 0.29) is 29.7 Å². The SMILES string of the molecule is Cc1cc(O)cc(=O)n1CCCC(=O)Nc1ccc2nc([C@H]3CCCO3)[nH]c2c1. The number of ether oxygens (including phenoxy) is 1. The van der Waals surface area contributed by atoms with Crippen LogP contribution in [-0.4, -0.2) is 32.2 Å². The van der Waals surface area contributed by atoms with E-state index in [2.05, 4.69) is 15.3 Å². The second kappa shape index (κ2) is 8.08. The molecule has 0 spiro atoms. The fourth-order valence-corrected chi connectivity index (χ4v) is 3.67. The number of nitrogens with zero attached hydrogens (tertiary/aromatic N) is 2. The third-order valence-corrected chi connectivity index (χ3v) is 5.12. The summed E-state index contributed by atoms with van der Waals surface area (Å²) in [7, 11) is 0. The molecule has 3 heterocycles. The van der Waals surface area contributed by atoms with E-state index < -0.39 is 0 Å². The Kier molecular flexibility index (Phi) is 5.35. The zero-order chi connectivity index (χ0) is 20.4. The predicted molar refractivity (Wildman–Crippen MR) is 109 cm³/mol. The lowest BCUT2D eigenvalue weighted by molar-refractivity contribution is -0.116. The van der Waals surface area contributed by atoms with Gasteiger partial charge in [0, 0.05) is 37.0 Å². The number of carbonyl (C=O) groups excluding carboxylic acids is 1. The summed E-state index contributed by atoms with van der Waals surface area (Å²) in [5.41, 5.74) is 2.80. The Hall–Kier alpha value is -3.13. The van der Waals surface area contributed by atoms with Gasteiger partial charge in [-0.15, -0.1) is 0 Å². The van der Waals surface area contributed by atoms with E-state index in [1.807, 2.05) is 18.2 Å². The molecule has 2 aromatic heterocycles. The van der Waals surface area contributed by atoms with Gasteiger partial charge in [0.15, 0.2) is 0 Å². The number of pyridine rings is 1. The number of aryl methyl sites for hydroxylation is 1. The minimum absolute atomic E-state index is 0.0206. The molecule has 0 bridgehead atoms. The second-order valence-electron chi connectivity index (χ2n) is 7.35. The van der Waals surface area contributed by atoms with E-state index in [1.54, 1.807) is 11.5 Å². The number of aromatic amines is 1. The minimum atomic E-state index is -0.269. The second-order valence-corrected chi connectivity index (χ2v) is 7.35. The number of amides is 1. The number of anilines is 1.